The number of ether oxygens (including phenoxy) is 4. The van der Waals surface area contributed by atoms with E-state index >= 15 is 0 Å². The molecule has 1 unspecified atom stereocenters. The SMILES string of the molecule is CCOC(C)OCC.OCC1COCO1. The molecule has 0 amide bonds. The second-order valence-corrected chi connectivity index (χ2v) is 2.94. The normalized spacial score (nSPS) is 20.2. The number of hydrogen-bond donors (Lipinski definition) is 1. The van der Waals surface area contributed by atoms with Crippen LogP contribution in [-0.2, 0) is 18.9 Å². The third-order valence-electron chi connectivity index (χ3n) is 1.70. The Morgan fingerprint density at radius 2 is 1.93 bits per heavy atom. The summed E-state index contributed by atoms with van der Waals surface area (Å²) in [6.07, 6.45) is -0.106. The molecule has 0 aromatic heterocycles. The molecule has 1 atom stereocenters. The lowest BCUT2D eigenvalue weighted by molar-refractivity contribution is -0.123. The van der Waals surface area contributed by atoms with Gasteiger partial charge in [-0.25, -0.2) is 0 Å². The molecule has 1 fully saturated rings. The number of aliphatic hydroxyl groups is 1. The smallest absolute Gasteiger partial charge is 0.154 e. The van der Waals surface area contributed by atoms with Gasteiger partial charge in [0.25, 0.3) is 0 Å². The van der Waals surface area contributed by atoms with Crippen molar-refractivity contribution in [1.82, 2.24) is 0 Å². The Morgan fingerprint density at radius 3 is 2.20 bits per heavy atom. The fraction of sp³-hybridized carbons (Fsp3) is 1.00. The first-order chi connectivity index (χ1) is 7.24. The summed E-state index contributed by atoms with van der Waals surface area (Å²) in [5.74, 6) is 0. The molecule has 0 aliphatic carbocycles. The van der Waals surface area contributed by atoms with Crippen molar-refractivity contribution in [3.63, 3.8) is 0 Å². The lowest BCUT2D eigenvalue weighted by Gasteiger charge is -2.09. The standard InChI is InChI=1S/C6H14O2.C4H8O3/c1-4-7-6(3)8-5-2;5-1-4-2-6-3-7-4/h6H,4-5H2,1-3H3;4-5H,1-3H2. The molecule has 0 aromatic rings. The molecule has 15 heavy (non-hydrogen) atoms. The lowest BCUT2D eigenvalue weighted by Crippen LogP contribution is -2.13. The summed E-state index contributed by atoms with van der Waals surface area (Å²) >= 11 is 0. The van der Waals surface area contributed by atoms with Gasteiger partial charge < -0.3 is 24.1 Å². The Hall–Kier alpha value is -0.200. The van der Waals surface area contributed by atoms with E-state index in [9.17, 15) is 0 Å². The molecule has 0 saturated carbocycles. The third kappa shape index (κ3) is 8.77. The average Bonchev–Trinajstić information content (AvgIpc) is 2.72. The Balaban J connectivity index is 0.000000262. The highest BCUT2D eigenvalue weighted by atomic mass is 16.7. The molecule has 1 aliphatic heterocycles. The van der Waals surface area contributed by atoms with Crippen molar-refractivity contribution in [3.8, 4) is 0 Å². The maximum atomic E-state index is 8.36. The average molecular weight is 222 g/mol. The van der Waals surface area contributed by atoms with Crippen LogP contribution < -0.4 is 0 Å². The molecule has 0 spiro atoms. The monoisotopic (exact) mass is 222 g/mol. The van der Waals surface area contributed by atoms with Crippen LogP contribution in [0.15, 0.2) is 0 Å². The Kier molecular flexibility index (Phi) is 10.2. The zero-order valence-electron chi connectivity index (χ0n) is 9.77. The maximum Gasteiger partial charge on any atom is 0.154 e. The fourth-order valence-electron chi connectivity index (χ4n) is 0.995. The number of aliphatic hydroxyl groups excluding tert-OH is 1. The molecule has 1 aliphatic rings. The number of rotatable bonds is 5. The second kappa shape index (κ2) is 10.3. The van der Waals surface area contributed by atoms with Crippen LogP contribution in [0.1, 0.15) is 20.8 Å². The summed E-state index contributed by atoms with van der Waals surface area (Å²) in [5.41, 5.74) is 0. The van der Waals surface area contributed by atoms with Gasteiger partial charge in [0.1, 0.15) is 12.9 Å². The fourth-order valence-corrected chi connectivity index (χ4v) is 0.995. The van der Waals surface area contributed by atoms with E-state index in [-0.39, 0.29) is 19.0 Å². The van der Waals surface area contributed by atoms with E-state index in [0.29, 0.717) is 13.4 Å². The third-order valence-corrected chi connectivity index (χ3v) is 1.70. The van der Waals surface area contributed by atoms with Gasteiger partial charge in [0.2, 0.25) is 0 Å². The summed E-state index contributed by atoms with van der Waals surface area (Å²) in [7, 11) is 0. The summed E-state index contributed by atoms with van der Waals surface area (Å²) in [6, 6.07) is 0. The van der Waals surface area contributed by atoms with E-state index in [1.165, 1.54) is 0 Å². The largest absolute Gasteiger partial charge is 0.394 e. The maximum absolute atomic E-state index is 8.36. The van der Waals surface area contributed by atoms with Gasteiger partial charge in [0.15, 0.2) is 6.29 Å². The van der Waals surface area contributed by atoms with E-state index in [1.807, 2.05) is 20.8 Å². The zero-order valence-corrected chi connectivity index (χ0v) is 9.77. The van der Waals surface area contributed by atoms with Crippen LogP contribution in [0.5, 0.6) is 0 Å². The van der Waals surface area contributed by atoms with Crippen molar-refractivity contribution in [2.45, 2.75) is 33.2 Å². The van der Waals surface area contributed by atoms with E-state index in [4.69, 9.17) is 24.1 Å². The van der Waals surface area contributed by atoms with Gasteiger partial charge in [0, 0.05) is 13.2 Å². The van der Waals surface area contributed by atoms with Crippen molar-refractivity contribution >= 4 is 0 Å². The molecule has 1 N–H and O–H groups in total. The Morgan fingerprint density at radius 1 is 1.33 bits per heavy atom. The lowest BCUT2D eigenvalue weighted by atomic mass is 10.4. The van der Waals surface area contributed by atoms with Crippen LogP contribution >= 0.6 is 0 Å². The summed E-state index contributed by atoms with van der Waals surface area (Å²) in [6.45, 7) is 8.20. The van der Waals surface area contributed by atoms with Crippen LogP contribution in [-0.4, -0.2) is 50.7 Å². The molecule has 0 bridgehead atoms. The Bertz CT molecular complexity index is 119. The molecule has 92 valence electrons. The minimum Gasteiger partial charge on any atom is -0.394 e. The van der Waals surface area contributed by atoms with Crippen LogP contribution in [0.3, 0.4) is 0 Å². The first-order valence-electron chi connectivity index (χ1n) is 5.27. The van der Waals surface area contributed by atoms with Crippen LogP contribution in [0.4, 0.5) is 0 Å². The minimum absolute atomic E-state index is 0.0370. The highest BCUT2D eigenvalue weighted by molar-refractivity contribution is 4.55. The summed E-state index contributed by atoms with van der Waals surface area (Å²) < 4.78 is 19.7. The molecule has 1 heterocycles. The van der Waals surface area contributed by atoms with Gasteiger partial charge in [-0.15, -0.1) is 0 Å². The molecule has 1 saturated heterocycles. The van der Waals surface area contributed by atoms with Crippen molar-refractivity contribution in [2.75, 3.05) is 33.2 Å². The van der Waals surface area contributed by atoms with Gasteiger partial charge >= 0.3 is 0 Å². The first-order valence-corrected chi connectivity index (χ1v) is 5.27. The van der Waals surface area contributed by atoms with Gasteiger partial charge in [-0.2, -0.15) is 0 Å². The van der Waals surface area contributed by atoms with Crippen LogP contribution in [0.25, 0.3) is 0 Å². The Labute approximate surface area is 91.3 Å². The van der Waals surface area contributed by atoms with Crippen molar-refractivity contribution in [2.24, 2.45) is 0 Å². The molecule has 1 rings (SSSR count). The molecule has 0 radical (unpaired) electrons. The minimum atomic E-state index is -0.0694. The van der Waals surface area contributed by atoms with Gasteiger partial charge in [0.05, 0.1) is 13.2 Å². The molecular formula is C10H22O5. The molecule has 5 heteroatoms. The first kappa shape index (κ1) is 14.8. The predicted octanol–water partition coefficient (Wildman–Crippen LogP) is 0.757. The van der Waals surface area contributed by atoms with Crippen molar-refractivity contribution < 1.29 is 24.1 Å². The predicted molar refractivity (Wildman–Crippen MR) is 55.5 cm³/mol. The number of hydrogen-bond acceptors (Lipinski definition) is 5. The highest BCUT2D eigenvalue weighted by Crippen LogP contribution is 1.99. The second-order valence-electron chi connectivity index (χ2n) is 2.94. The van der Waals surface area contributed by atoms with E-state index in [0.717, 1.165) is 13.2 Å². The summed E-state index contributed by atoms with van der Waals surface area (Å²) in [4.78, 5) is 0. The van der Waals surface area contributed by atoms with Crippen molar-refractivity contribution in [1.29, 1.82) is 0 Å². The van der Waals surface area contributed by atoms with Crippen LogP contribution in [0, 0.1) is 0 Å². The van der Waals surface area contributed by atoms with Gasteiger partial charge in [-0.1, -0.05) is 0 Å². The summed E-state index contributed by atoms with van der Waals surface area (Å²) in [5, 5.41) is 8.36. The van der Waals surface area contributed by atoms with Crippen LogP contribution in [0.2, 0.25) is 0 Å². The van der Waals surface area contributed by atoms with Crippen molar-refractivity contribution in [3.05, 3.63) is 0 Å². The van der Waals surface area contributed by atoms with Gasteiger partial charge in [-0.3, -0.25) is 0 Å². The molecular weight excluding hydrogens is 200 g/mol. The quantitative estimate of drug-likeness (QED) is 0.696. The van der Waals surface area contributed by atoms with E-state index in [1.54, 1.807) is 0 Å². The molecule has 5 nitrogen and oxygen atoms in total. The highest BCUT2D eigenvalue weighted by Gasteiger charge is 2.13. The van der Waals surface area contributed by atoms with E-state index in [2.05, 4.69) is 0 Å². The topological polar surface area (TPSA) is 57.2 Å². The zero-order chi connectivity index (χ0) is 11.5. The van der Waals surface area contributed by atoms with E-state index < -0.39 is 0 Å². The van der Waals surface area contributed by atoms with Gasteiger partial charge in [-0.05, 0) is 20.8 Å². The molecule has 0 aromatic carbocycles.